The number of hydrogen-bond donors (Lipinski definition) is 3. The Bertz CT molecular complexity index is 845. The predicted octanol–water partition coefficient (Wildman–Crippen LogP) is 5.18. The molecule has 1 atom stereocenters. The highest BCUT2D eigenvalue weighted by molar-refractivity contribution is 7.80. The zero-order valence-corrected chi connectivity index (χ0v) is 15.7. The second-order valence-corrected chi connectivity index (χ2v) is 6.56. The van der Waals surface area contributed by atoms with Gasteiger partial charge in [-0.2, -0.15) is 0 Å². The largest absolute Gasteiger partial charge is 0.356 e. The fourth-order valence-corrected chi connectivity index (χ4v) is 2.81. The Kier molecular flexibility index (Phi) is 5.81. The van der Waals surface area contributed by atoms with Crippen molar-refractivity contribution in [1.82, 2.24) is 10.3 Å². The molecule has 1 heterocycles. The lowest BCUT2D eigenvalue weighted by molar-refractivity contribution is 0.722. The minimum atomic E-state index is 0.131. The number of benzene rings is 2. The smallest absolute Gasteiger partial charge is 0.171 e. The van der Waals surface area contributed by atoms with Crippen LogP contribution in [-0.4, -0.2) is 10.1 Å². The average Bonchev–Trinajstić information content (AvgIpc) is 2.66. The van der Waals surface area contributed by atoms with Crippen molar-refractivity contribution < 1.29 is 0 Å². The van der Waals surface area contributed by atoms with Crippen LogP contribution in [0.25, 0.3) is 0 Å². The summed E-state index contributed by atoms with van der Waals surface area (Å²) in [7, 11) is 0. The van der Waals surface area contributed by atoms with E-state index in [4.69, 9.17) is 12.2 Å². The lowest BCUT2D eigenvalue weighted by atomic mass is 10.1. The van der Waals surface area contributed by atoms with Crippen LogP contribution >= 0.6 is 12.2 Å². The van der Waals surface area contributed by atoms with Gasteiger partial charge in [0.2, 0.25) is 0 Å². The number of pyridine rings is 1. The van der Waals surface area contributed by atoms with Gasteiger partial charge in [0.1, 0.15) is 5.82 Å². The van der Waals surface area contributed by atoms with Crippen LogP contribution in [0.15, 0.2) is 72.9 Å². The summed E-state index contributed by atoms with van der Waals surface area (Å²) < 4.78 is 0. The van der Waals surface area contributed by atoms with E-state index in [9.17, 15) is 0 Å². The molecular formula is C21H22N4S. The maximum Gasteiger partial charge on any atom is 0.171 e. The molecule has 0 amide bonds. The van der Waals surface area contributed by atoms with Crippen LogP contribution in [0.1, 0.15) is 24.1 Å². The number of aryl methyl sites for hydroxylation is 1. The molecule has 1 aromatic heterocycles. The summed E-state index contributed by atoms with van der Waals surface area (Å²) in [5, 5.41) is 10.3. The molecule has 0 unspecified atom stereocenters. The van der Waals surface area contributed by atoms with Gasteiger partial charge in [0, 0.05) is 5.69 Å². The van der Waals surface area contributed by atoms with Gasteiger partial charge in [-0.15, -0.1) is 0 Å². The quantitative estimate of drug-likeness (QED) is 0.546. The van der Waals surface area contributed by atoms with E-state index >= 15 is 0 Å². The lowest BCUT2D eigenvalue weighted by Gasteiger charge is -2.17. The van der Waals surface area contributed by atoms with Gasteiger partial charge in [-0.25, -0.2) is 4.98 Å². The molecule has 132 valence electrons. The summed E-state index contributed by atoms with van der Waals surface area (Å²) in [5.74, 6) is 0.788. The Balaban J connectivity index is 1.55. The number of nitrogens with one attached hydrogen (secondary N) is 3. The van der Waals surface area contributed by atoms with Crippen molar-refractivity contribution in [1.29, 1.82) is 0 Å². The van der Waals surface area contributed by atoms with Crippen molar-refractivity contribution in [3.05, 3.63) is 84.1 Å². The molecule has 4 nitrogen and oxygen atoms in total. The monoisotopic (exact) mass is 362 g/mol. The Morgan fingerprint density at radius 1 is 0.923 bits per heavy atom. The summed E-state index contributed by atoms with van der Waals surface area (Å²) in [4.78, 5) is 4.43. The van der Waals surface area contributed by atoms with Gasteiger partial charge in [0.25, 0.3) is 0 Å². The predicted molar refractivity (Wildman–Crippen MR) is 113 cm³/mol. The summed E-state index contributed by atoms with van der Waals surface area (Å²) in [6, 6.07) is 22.4. The Labute approximate surface area is 159 Å². The molecule has 2 aromatic carbocycles. The van der Waals surface area contributed by atoms with E-state index in [0.717, 1.165) is 17.2 Å². The second kappa shape index (κ2) is 8.45. The van der Waals surface area contributed by atoms with E-state index in [1.807, 2.05) is 42.5 Å². The molecule has 0 radical (unpaired) electrons. The number of hydrogen-bond acceptors (Lipinski definition) is 3. The molecule has 0 saturated heterocycles. The van der Waals surface area contributed by atoms with E-state index in [0.29, 0.717) is 5.11 Å². The van der Waals surface area contributed by atoms with Crippen LogP contribution in [0.3, 0.4) is 0 Å². The minimum Gasteiger partial charge on any atom is -0.356 e. The van der Waals surface area contributed by atoms with Gasteiger partial charge in [-0.1, -0.05) is 48.0 Å². The highest BCUT2D eigenvalue weighted by Gasteiger charge is 2.06. The molecule has 0 bridgehead atoms. The molecule has 3 rings (SSSR count). The molecule has 0 saturated carbocycles. The van der Waals surface area contributed by atoms with Crippen molar-refractivity contribution in [2.45, 2.75) is 19.9 Å². The SMILES string of the molecule is Cc1ccc(Nc2ccc(NC(=S)N[C@H](C)c3ccccc3)cn2)cc1. The average molecular weight is 363 g/mol. The van der Waals surface area contributed by atoms with E-state index < -0.39 is 0 Å². The molecular weight excluding hydrogens is 340 g/mol. The number of nitrogens with zero attached hydrogens (tertiary/aromatic N) is 1. The molecule has 0 spiro atoms. The third kappa shape index (κ3) is 5.04. The highest BCUT2D eigenvalue weighted by Crippen LogP contribution is 2.17. The first-order valence-corrected chi connectivity index (χ1v) is 8.93. The summed E-state index contributed by atoms with van der Waals surface area (Å²) in [6.07, 6.45) is 1.76. The fraction of sp³-hybridized carbons (Fsp3) is 0.143. The summed E-state index contributed by atoms with van der Waals surface area (Å²) >= 11 is 5.40. The molecule has 0 fully saturated rings. The lowest BCUT2D eigenvalue weighted by Crippen LogP contribution is -2.30. The van der Waals surface area contributed by atoms with Crippen molar-refractivity contribution in [2.24, 2.45) is 0 Å². The molecule has 26 heavy (non-hydrogen) atoms. The Morgan fingerprint density at radius 3 is 2.27 bits per heavy atom. The first kappa shape index (κ1) is 17.9. The van der Waals surface area contributed by atoms with Gasteiger partial charge < -0.3 is 16.0 Å². The molecule has 0 aliphatic carbocycles. The second-order valence-electron chi connectivity index (χ2n) is 6.15. The molecule has 0 aliphatic rings. The molecule has 5 heteroatoms. The topological polar surface area (TPSA) is 49.0 Å². The van der Waals surface area contributed by atoms with Crippen molar-refractivity contribution in [2.75, 3.05) is 10.6 Å². The van der Waals surface area contributed by atoms with Crippen LogP contribution in [-0.2, 0) is 0 Å². The first-order chi connectivity index (χ1) is 12.6. The van der Waals surface area contributed by atoms with Crippen LogP contribution in [0.2, 0.25) is 0 Å². The Morgan fingerprint density at radius 2 is 1.62 bits per heavy atom. The summed E-state index contributed by atoms with van der Waals surface area (Å²) in [5.41, 5.74) is 4.27. The van der Waals surface area contributed by atoms with Crippen LogP contribution < -0.4 is 16.0 Å². The van der Waals surface area contributed by atoms with E-state index in [2.05, 4.69) is 59.0 Å². The molecule has 3 N–H and O–H groups in total. The number of rotatable bonds is 5. The molecule has 3 aromatic rings. The normalized spacial score (nSPS) is 11.5. The van der Waals surface area contributed by atoms with E-state index in [-0.39, 0.29) is 6.04 Å². The number of aromatic nitrogens is 1. The van der Waals surface area contributed by atoms with Crippen LogP contribution in [0.5, 0.6) is 0 Å². The third-order valence-electron chi connectivity index (χ3n) is 3.99. The van der Waals surface area contributed by atoms with Gasteiger partial charge in [-0.3, -0.25) is 0 Å². The minimum absolute atomic E-state index is 0.131. The standard InChI is InChI=1S/C21H22N4S/c1-15-8-10-18(11-9-15)24-20-13-12-19(14-22-20)25-21(26)23-16(2)17-6-4-3-5-7-17/h3-14,16H,1-2H3,(H,22,24)(H2,23,25,26)/t16-/m1/s1. The van der Waals surface area contributed by atoms with E-state index in [1.165, 1.54) is 11.1 Å². The first-order valence-electron chi connectivity index (χ1n) is 8.52. The zero-order valence-electron chi connectivity index (χ0n) is 14.9. The maximum atomic E-state index is 5.40. The fourth-order valence-electron chi connectivity index (χ4n) is 2.52. The highest BCUT2D eigenvalue weighted by atomic mass is 32.1. The maximum absolute atomic E-state index is 5.40. The van der Waals surface area contributed by atoms with Gasteiger partial charge >= 0.3 is 0 Å². The zero-order chi connectivity index (χ0) is 18.4. The van der Waals surface area contributed by atoms with Gasteiger partial charge in [0.15, 0.2) is 5.11 Å². The van der Waals surface area contributed by atoms with Gasteiger partial charge in [0.05, 0.1) is 17.9 Å². The third-order valence-corrected chi connectivity index (χ3v) is 4.21. The summed E-state index contributed by atoms with van der Waals surface area (Å²) in [6.45, 7) is 4.15. The van der Waals surface area contributed by atoms with E-state index in [1.54, 1.807) is 6.20 Å². The van der Waals surface area contributed by atoms with Crippen LogP contribution in [0.4, 0.5) is 17.2 Å². The van der Waals surface area contributed by atoms with Gasteiger partial charge in [-0.05, 0) is 55.9 Å². The Hall–Kier alpha value is -2.92. The van der Waals surface area contributed by atoms with Crippen molar-refractivity contribution in [3.63, 3.8) is 0 Å². The number of anilines is 3. The number of thiocarbonyl (C=S) groups is 1. The van der Waals surface area contributed by atoms with Crippen molar-refractivity contribution in [3.8, 4) is 0 Å². The molecule has 0 aliphatic heterocycles. The van der Waals surface area contributed by atoms with Crippen molar-refractivity contribution >= 4 is 34.5 Å². The van der Waals surface area contributed by atoms with Crippen LogP contribution in [0, 0.1) is 6.92 Å².